The van der Waals surface area contributed by atoms with E-state index >= 15 is 0 Å². The van der Waals surface area contributed by atoms with Gasteiger partial charge in [-0.2, -0.15) is 0 Å². The van der Waals surface area contributed by atoms with Gasteiger partial charge in [0, 0.05) is 6.42 Å². The summed E-state index contributed by atoms with van der Waals surface area (Å²) in [5, 5.41) is 0. The highest BCUT2D eigenvalue weighted by Crippen LogP contribution is 2.08. The van der Waals surface area contributed by atoms with E-state index in [0.29, 0.717) is 11.4 Å². The van der Waals surface area contributed by atoms with E-state index in [1.165, 1.54) is 0 Å². The minimum Gasteiger partial charge on any atom is -0.460 e. The first-order valence-electron chi connectivity index (χ1n) is 4.06. The summed E-state index contributed by atoms with van der Waals surface area (Å²) in [6.45, 7) is 5.47. The highest BCUT2D eigenvalue weighted by Gasteiger charge is 2.15. The van der Waals surface area contributed by atoms with Crippen LogP contribution in [0.1, 0.15) is 33.6 Å². The zero-order chi connectivity index (χ0) is 10.5. The molecule has 0 saturated carbocycles. The molecule has 0 fully saturated rings. The molecule has 0 aliphatic heterocycles. The Kier molecular flexibility index (Phi) is 4.87. The van der Waals surface area contributed by atoms with Crippen LogP contribution in [-0.4, -0.2) is 16.6 Å². The molecule has 0 spiro atoms. The molecule has 0 radical (unpaired) electrons. The largest absolute Gasteiger partial charge is 0.460 e. The fourth-order valence-electron chi connectivity index (χ4n) is 0.680. The summed E-state index contributed by atoms with van der Waals surface area (Å²) >= 11 is 4.77. The lowest BCUT2D eigenvalue weighted by molar-refractivity contribution is -0.154. The van der Waals surface area contributed by atoms with Crippen LogP contribution in [-0.2, 0) is 9.53 Å². The SMILES string of the molecule is CC(C)(C)OC(=O)CCC(=S)NN. The second-order valence-corrected chi connectivity index (χ2v) is 4.15. The third kappa shape index (κ3) is 7.67. The van der Waals surface area contributed by atoms with Gasteiger partial charge in [0.05, 0.1) is 11.4 Å². The van der Waals surface area contributed by atoms with Gasteiger partial charge in [-0.15, -0.1) is 0 Å². The number of carbonyl (C=O) groups excluding carboxylic acids is 1. The van der Waals surface area contributed by atoms with Gasteiger partial charge in [0.2, 0.25) is 0 Å². The first-order chi connectivity index (χ1) is 5.85. The predicted molar refractivity (Wildman–Crippen MR) is 55.0 cm³/mol. The van der Waals surface area contributed by atoms with Gasteiger partial charge < -0.3 is 10.2 Å². The Morgan fingerprint density at radius 1 is 1.46 bits per heavy atom. The van der Waals surface area contributed by atoms with Crippen molar-refractivity contribution in [2.75, 3.05) is 0 Å². The number of thiocarbonyl (C=S) groups is 1. The van der Waals surface area contributed by atoms with Crippen molar-refractivity contribution in [3.63, 3.8) is 0 Å². The lowest BCUT2D eigenvalue weighted by Crippen LogP contribution is -2.30. The van der Waals surface area contributed by atoms with Crippen molar-refractivity contribution in [1.29, 1.82) is 0 Å². The number of nitrogens with one attached hydrogen (secondary N) is 1. The lowest BCUT2D eigenvalue weighted by atomic mass is 10.2. The molecule has 0 aromatic heterocycles. The van der Waals surface area contributed by atoms with Gasteiger partial charge in [-0.25, -0.2) is 0 Å². The van der Waals surface area contributed by atoms with E-state index in [0.717, 1.165) is 0 Å². The van der Waals surface area contributed by atoms with Gasteiger partial charge >= 0.3 is 5.97 Å². The summed E-state index contributed by atoms with van der Waals surface area (Å²) in [6, 6.07) is 0. The topological polar surface area (TPSA) is 64.3 Å². The van der Waals surface area contributed by atoms with Gasteiger partial charge in [-0.05, 0) is 20.8 Å². The molecule has 5 heteroatoms. The third-order valence-electron chi connectivity index (χ3n) is 1.14. The summed E-state index contributed by atoms with van der Waals surface area (Å²) in [5.74, 6) is 4.78. The van der Waals surface area contributed by atoms with Crippen LogP contribution in [0.3, 0.4) is 0 Å². The molecule has 4 nitrogen and oxygen atoms in total. The highest BCUT2D eigenvalue weighted by atomic mass is 32.1. The number of hydrazine groups is 1. The molecule has 0 aromatic rings. The number of hydrogen-bond donors (Lipinski definition) is 2. The zero-order valence-corrected chi connectivity index (χ0v) is 9.03. The van der Waals surface area contributed by atoms with E-state index in [-0.39, 0.29) is 12.4 Å². The molecular weight excluding hydrogens is 188 g/mol. The van der Waals surface area contributed by atoms with Crippen LogP contribution in [0.4, 0.5) is 0 Å². The molecule has 0 rings (SSSR count). The molecule has 0 aromatic carbocycles. The van der Waals surface area contributed by atoms with Crippen molar-refractivity contribution in [3.05, 3.63) is 0 Å². The number of rotatable bonds is 3. The summed E-state index contributed by atoms with van der Waals surface area (Å²) in [5.41, 5.74) is 1.87. The van der Waals surface area contributed by atoms with E-state index in [2.05, 4.69) is 5.43 Å². The Balaban J connectivity index is 3.71. The summed E-state index contributed by atoms with van der Waals surface area (Å²) < 4.78 is 5.07. The van der Waals surface area contributed by atoms with Crippen molar-refractivity contribution >= 4 is 23.2 Å². The van der Waals surface area contributed by atoms with Gasteiger partial charge in [0.1, 0.15) is 5.60 Å². The Labute approximate surface area is 83.8 Å². The Morgan fingerprint density at radius 2 is 2.00 bits per heavy atom. The maximum absolute atomic E-state index is 11.1. The van der Waals surface area contributed by atoms with E-state index in [1.54, 1.807) is 0 Å². The zero-order valence-electron chi connectivity index (χ0n) is 8.22. The Morgan fingerprint density at radius 3 is 2.38 bits per heavy atom. The van der Waals surface area contributed by atoms with Gasteiger partial charge in [0.15, 0.2) is 0 Å². The standard InChI is InChI=1S/C8H16N2O2S/c1-8(2,3)12-7(11)5-4-6(13)10-9/h4-5,9H2,1-3H3,(H,10,13). The van der Waals surface area contributed by atoms with Crippen molar-refractivity contribution in [2.45, 2.75) is 39.2 Å². The van der Waals surface area contributed by atoms with Crippen LogP contribution in [0.5, 0.6) is 0 Å². The minimum absolute atomic E-state index is 0.259. The third-order valence-corrected chi connectivity index (χ3v) is 1.46. The van der Waals surface area contributed by atoms with Crippen LogP contribution in [0, 0.1) is 0 Å². The fraction of sp³-hybridized carbons (Fsp3) is 0.750. The van der Waals surface area contributed by atoms with Gasteiger partial charge in [0.25, 0.3) is 0 Å². The molecule has 3 N–H and O–H groups in total. The van der Waals surface area contributed by atoms with Crippen molar-refractivity contribution in [2.24, 2.45) is 5.84 Å². The number of hydrogen-bond acceptors (Lipinski definition) is 4. The maximum Gasteiger partial charge on any atom is 0.306 e. The molecule has 0 atom stereocenters. The molecular formula is C8H16N2O2S. The van der Waals surface area contributed by atoms with Crippen LogP contribution >= 0.6 is 12.2 Å². The number of nitrogens with two attached hydrogens (primary N) is 1. The second-order valence-electron chi connectivity index (χ2n) is 3.65. The smallest absolute Gasteiger partial charge is 0.306 e. The molecule has 76 valence electrons. The fourth-order valence-corrected chi connectivity index (χ4v) is 0.782. The van der Waals surface area contributed by atoms with Crippen LogP contribution < -0.4 is 11.3 Å². The second kappa shape index (κ2) is 5.14. The van der Waals surface area contributed by atoms with E-state index in [1.807, 2.05) is 20.8 Å². The molecule has 13 heavy (non-hydrogen) atoms. The molecule has 0 aliphatic rings. The molecule has 0 amide bonds. The van der Waals surface area contributed by atoms with Crippen LogP contribution in [0.2, 0.25) is 0 Å². The minimum atomic E-state index is -0.436. The normalized spacial score (nSPS) is 10.8. The quantitative estimate of drug-likeness (QED) is 0.309. The van der Waals surface area contributed by atoms with Crippen molar-refractivity contribution in [3.8, 4) is 0 Å². The first-order valence-corrected chi connectivity index (χ1v) is 4.47. The highest BCUT2D eigenvalue weighted by molar-refractivity contribution is 7.80. The van der Waals surface area contributed by atoms with Gasteiger partial charge in [-0.1, -0.05) is 12.2 Å². The van der Waals surface area contributed by atoms with Crippen molar-refractivity contribution in [1.82, 2.24) is 5.43 Å². The number of esters is 1. The Hall–Kier alpha value is -0.680. The van der Waals surface area contributed by atoms with E-state index in [4.69, 9.17) is 22.8 Å². The molecule has 0 saturated heterocycles. The van der Waals surface area contributed by atoms with Crippen LogP contribution in [0.25, 0.3) is 0 Å². The summed E-state index contributed by atoms with van der Waals surface area (Å²) in [7, 11) is 0. The maximum atomic E-state index is 11.1. The first kappa shape index (κ1) is 12.3. The monoisotopic (exact) mass is 204 g/mol. The van der Waals surface area contributed by atoms with Gasteiger partial charge in [-0.3, -0.25) is 10.6 Å². The average molecular weight is 204 g/mol. The number of carbonyl (C=O) groups is 1. The molecule has 0 unspecified atom stereocenters. The van der Waals surface area contributed by atoms with Crippen LogP contribution in [0.15, 0.2) is 0 Å². The molecule has 0 aliphatic carbocycles. The van der Waals surface area contributed by atoms with Crippen molar-refractivity contribution < 1.29 is 9.53 Å². The van der Waals surface area contributed by atoms with E-state index < -0.39 is 5.60 Å². The number of ether oxygens (including phenoxy) is 1. The lowest BCUT2D eigenvalue weighted by Gasteiger charge is -2.19. The average Bonchev–Trinajstić information content (AvgIpc) is 1.97. The predicted octanol–water partition coefficient (Wildman–Crippen LogP) is 0.899. The summed E-state index contributed by atoms with van der Waals surface area (Å²) in [4.78, 5) is 11.6. The van der Waals surface area contributed by atoms with E-state index in [9.17, 15) is 4.79 Å². The molecule has 0 heterocycles. The summed E-state index contributed by atoms with van der Waals surface area (Å²) in [6.07, 6.45) is 0.695. The Bertz CT molecular complexity index is 199. The molecule has 0 bridgehead atoms.